The monoisotopic (exact) mass is 217 g/mol. The fourth-order valence-electron chi connectivity index (χ4n) is 1.60. The molecular formula is C11H15N5. The van der Waals surface area contributed by atoms with Crippen molar-refractivity contribution >= 4 is 5.82 Å². The van der Waals surface area contributed by atoms with E-state index in [-0.39, 0.29) is 0 Å². The summed E-state index contributed by atoms with van der Waals surface area (Å²) in [5.74, 6) is 1.61. The van der Waals surface area contributed by atoms with Crippen molar-refractivity contribution in [2.75, 3.05) is 11.9 Å². The van der Waals surface area contributed by atoms with Gasteiger partial charge in [0.15, 0.2) is 0 Å². The molecule has 0 fully saturated rings. The molecule has 0 aliphatic heterocycles. The summed E-state index contributed by atoms with van der Waals surface area (Å²) in [5.41, 5.74) is 1.88. The lowest BCUT2D eigenvalue weighted by Crippen LogP contribution is -2.03. The predicted octanol–water partition coefficient (Wildman–Crippen LogP) is 1.62. The van der Waals surface area contributed by atoms with E-state index in [1.807, 2.05) is 33.0 Å². The van der Waals surface area contributed by atoms with Gasteiger partial charge in [-0.15, -0.1) is 0 Å². The van der Waals surface area contributed by atoms with Gasteiger partial charge in [0.25, 0.3) is 0 Å². The molecular weight excluding hydrogens is 202 g/mol. The lowest BCUT2D eigenvalue weighted by molar-refractivity contribution is 0.772. The van der Waals surface area contributed by atoms with E-state index < -0.39 is 0 Å². The van der Waals surface area contributed by atoms with Gasteiger partial charge in [0.1, 0.15) is 11.6 Å². The van der Waals surface area contributed by atoms with Crippen molar-refractivity contribution in [1.82, 2.24) is 19.7 Å². The second-order valence-corrected chi connectivity index (χ2v) is 3.56. The zero-order valence-electron chi connectivity index (χ0n) is 9.73. The molecule has 0 amide bonds. The third-order valence-electron chi connectivity index (χ3n) is 2.28. The molecule has 0 bridgehead atoms. The molecule has 0 aromatic carbocycles. The summed E-state index contributed by atoms with van der Waals surface area (Å²) in [6.45, 7) is 4.78. The molecule has 2 aromatic rings. The SMILES string of the molecule is CCNc1cc(-c2ccnn2C)nc(C)n1. The molecule has 16 heavy (non-hydrogen) atoms. The second kappa shape index (κ2) is 4.30. The molecule has 5 nitrogen and oxygen atoms in total. The summed E-state index contributed by atoms with van der Waals surface area (Å²) in [4.78, 5) is 8.72. The van der Waals surface area contributed by atoms with E-state index in [1.54, 1.807) is 10.9 Å². The van der Waals surface area contributed by atoms with Crippen LogP contribution < -0.4 is 5.32 Å². The normalized spacial score (nSPS) is 10.4. The van der Waals surface area contributed by atoms with Gasteiger partial charge in [-0.2, -0.15) is 5.10 Å². The van der Waals surface area contributed by atoms with Crippen molar-refractivity contribution in [3.63, 3.8) is 0 Å². The standard InChI is InChI=1S/C11H15N5/c1-4-12-11-7-9(14-8(2)15-11)10-5-6-13-16(10)3/h5-7H,4H2,1-3H3,(H,12,14,15). The molecule has 0 radical (unpaired) electrons. The molecule has 5 heteroatoms. The van der Waals surface area contributed by atoms with Crippen molar-refractivity contribution in [1.29, 1.82) is 0 Å². The minimum absolute atomic E-state index is 0.759. The van der Waals surface area contributed by atoms with E-state index in [1.165, 1.54) is 0 Å². The minimum atomic E-state index is 0.759. The summed E-state index contributed by atoms with van der Waals surface area (Å²) in [6, 6.07) is 3.88. The quantitative estimate of drug-likeness (QED) is 0.848. The number of nitrogens with one attached hydrogen (secondary N) is 1. The van der Waals surface area contributed by atoms with Crippen molar-refractivity contribution in [3.8, 4) is 11.4 Å². The number of aryl methyl sites for hydroxylation is 2. The highest BCUT2D eigenvalue weighted by Gasteiger charge is 2.07. The van der Waals surface area contributed by atoms with Gasteiger partial charge in [-0.1, -0.05) is 0 Å². The minimum Gasteiger partial charge on any atom is -0.370 e. The van der Waals surface area contributed by atoms with Crippen LogP contribution in [0.2, 0.25) is 0 Å². The number of hydrogen-bond acceptors (Lipinski definition) is 4. The van der Waals surface area contributed by atoms with Gasteiger partial charge in [0, 0.05) is 25.9 Å². The summed E-state index contributed by atoms with van der Waals surface area (Å²) >= 11 is 0. The third kappa shape index (κ3) is 2.03. The van der Waals surface area contributed by atoms with Crippen LogP contribution in [0.1, 0.15) is 12.7 Å². The van der Waals surface area contributed by atoms with Gasteiger partial charge in [-0.3, -0.25) is 4.68 Å². The Kier molecular flexibility index (Phi) is 2.85. The lowest BCUT2D eigenvalue weighted by atomic mass is 10.3. The molecule has 0 atom stereocenters. The van der Waals surface area contributed by atoms with Crippen LogP contribution in [0.25, 0.3) is 11.4 Å². The van der Waals surface area contributed by atoms with Gasteiger partial charge in [0.2, 0.25) is 0 Å². The molecule has 2 aromatic heterocycles. The van der Waals surface area contributed by atoms with Crippen LogP contribution >= 0.6 is 0 Å². The molecule has 0 aliphatic rings. The van der Waals surface area contributed by atoms with E-state index in [4.69, 9.17) is 0 Å². The van der Waals surface area contributed by atoms with Gasteiger partial charge in [0.05, 0.1) is 11.4 Å². The summed E-state index contributed by atoms with van der Waals surface area (Å²) in [6.07, 6.45) is 1.76. The molecule has 0 saturated carbocycles. The fourth-order valence-corrected chi connectivity index (χ4v) is 1.60. The highest BCUT2D eigenvalue weighted by atomic mass is 15.3. The summed E-state index contributed by atoms with van der Waals surface area (Å²) in [7, 11) is 1.90. The first kappa shape index (κ1) is 10.6. The predicted molar refractivity (Wildman–Crippen MR) is 63.1 cm³/mol. The Hall–Kier alpha value is -1.91. The Bertz CT molecular complexity index is 489. The van der Waals surface area contributed by atoms with Crippen LogP contribution in [0.3, 0.4) is 0 Å². The maximum atomic E-state index is 4.41. The highest BCUT2D eigenvalue weighted by Crippen LogP contribution is 2.18. The molecule has 1 N–H and O–H groups in total. The van der Waals surface area contributed by atoms with Crippen molar-refractivity contribution in [3.05, 3.63) is 24.2 Å². The van der Waals surface area contributed by atoms with Crippen LogP contribution in [0.4, 0.5) is 5.82 Å². The number of aromatic nitrogens is 4. The third-order valence-corrected chi connectivity index (χ3v) is 2.28. The molecule has 0 spiro atoms. The lowest BCUT2D eigenvalue weighted by Gasteiger charge is -2.06. The smallest absolute Gasteiger partial charge is 0.130 e. The van der Waals surface area contributed by atoms with Crippen molar-refractivity contribution in [2.24, 2.45) is 7.05 Å². The van der Waals surface area contributed by atoms with Crippen molar-refractivity contribution < 1.29 is 0 Å². The van der Waals surface area contributed by atoms with E-state index in [2.05, 4.69) is 20.4 Å². The number of nitrogens with zero attached hydrogens (tertiary/aromatic N) is 4. The first-order chi connectivity index (χ1) is 7.70. The van der Waals surface area contributed by atoms with Crippen LogP contribution in [0.15, 0.2) is 18.3 Å². The van der Waals surface area contributed by atoms with Gasteiger partial charge < -0.3 is 5.32 Å². The summed E-state index contributed by atoms with van der Waals surface area (Å²) in [5, 5.41) is 7.32. The van der Waals surface area contributed by atoms with Crippen LogP contribution in [0, 0.1) is 6.92 Å². The Balaban J connectivity index is 2.45. The zero-order chi connectivity index (χ0) is 11.5. The molecule has 2 heterocycles. The largest absolute Gasteiger partial charge is 0.370 e. The van der Waals surface area contributed by atoms with Crippen LogP contribution in [-0.2, 0) is 7.05 Å². The summed E-state index contributed by atoms with van der Waals surface area (Å²) < 4.78 is 1.80. The average molecular weight is 217 g/mol. The van der Waals surface area contributed by atoms with E-state index in [9.17, 15) is 0 Å². The molecule has 0 unspecified atom stereocenters. The Morgan fingerprint density at radius 3 is 2.81 bits per heavy atom. The van der Waals surface area contributed by atoms with Crippen LogP contribution in [-0.4, -0.2) is 26.3 Å². The number of rotatable bonds is 3. The topological polar surface area (TPSA) is 55.6 Å². The van der Waals surface area contributed by atoms with E-state index >= 15 is 0 Å². The van der Waals surface area contributed by atoms with E-state index in [0.29, 0.717) is 0 Å². The molecule has 0 aliphatic carbocycles. The van der Waals surface area contributed by atoms with Crippen molar-refractivity contribution in [2.45, 2.75) is 13.8 Å². The second-order valence-electron chi connectivity index (χ2n) is 3.56. The Morgan fingerprint density at radius 1 is 1.38 bits per heavy atom. The van der Waals surface area contributed by atoms with Gasteiger partial charge >= 0.3 is 0 Å². The fraction of sp³-hybridized carbons (Fsp3) is 0.364. The maximum absolute atomic E-state index is 4.41. The first-order valence-electron chi connectivity index (χ1n) is 5.28. The maximum Gasteiger partial charge on any atom is 0.130 e. The Morgan fingerprint density at radius 2 is 2.19 bits per heavy atom. The first-order valence-corrected chi connectivity index (χ1v) is 5.28. The number of anilines is 1. The van der Waals surface area contributed by atoms with Gasteiger partial charge in [-0.25, -0.2) is 9.97 Å². The van der Waals surface area contributed by atoms with E-state index in [0.717, 1.165) is 29.6 Å². The van der Waals surface area contributed by atoms with Gasteiger partial charge in [-0.05, 0) is 19.9 Å². The average Bonchev–Trinajstić information content (AvgIpc) is 2.64. The highest BCUT2D eigenvalue weighted by molar-refractivity contribution is 5.58. The molecule has 0 saturated heterocycles. The molecule has 2 rings (SSSR count). The van der Waals surface area contributed by atoms with Crippen LogP contribution in [0.5, 0.6) is 0 Å². The number of hydrogen-bond donors (Lipinski definition) is 1. The Labute approximate surface area is 94.5 Å². The molecule has 84 valence electrons. The zero-order valence-corrected chi connectivity index (χ0v) is 9.73.